The van der Waals surface area contributed by atoms with Crippen molar-refractivity contribution in [3.63, 3.8) is 0 Å². The quantitative estimate of drug-likeness (QED) is 0.274. The fourth-order valence-electron chi connectivity index (χ4n) is 5.21. The zero-order valence-corrected chi connectivity index (χ0v) is 25.2. The molecule has 4 rings (SSSR count). The zero-order valence-electron chi connectivity index (χ0n) is 25.2. The van der Waals surface area contributed by atoms with Gasteiger partial charge in [0.25, 0.3) is 5.91 Å². The van der Waals surface area contributed by atoms with Gasteiger partial charge < -0.3 is 31.3 Å². The van der Waals surface area contributed by atoms with Crippen LogP contribution in [0, 0.1) is 12.8 Å². The highest BCUT2D eigenvalue weighted by atomic mass is 16.5. The van der Waals surface area contributed by atoms with Gasteiger partial charge in [-0.3, -0.25) is 14.4 Å². The molecule has 1 aliphatic heterocycles. The third-order valence-corrected chi connectivity index (χ3v) is 7.87. The number of hydrogen-bond donors (Lipinski definition) is 4. The Labute approximate surface area is 251 Å². The fourth-order valence-corrected chi connectivity index (χ4v) is 5.21. The van der Waals surface area contributed by atoms with Gasteiger partial charge in [0.2, 0.25) is 11.8 Å². The molecule has 0 radical (unpaired) electrons. The molecule has 1 saturated carbocycles. The Kier molecular flexibility index (Phi) is 9.27. The number of carbonyl (C=O) groups is 5. The molecule has 1 heterocycles. The summed E-state index contributed by atoms with van der Waals surface area (Å²) in [6.07, 6.45) is 2.15. The van der Waals surface area contributed by atoms with Crippen molar-refractivity contribution < 1.29 is 28.7 Å². The van der Waals surface area contributed by atoms with Gasteiger partial charge in [0, 0.05) is 24.7 Å². The van der Waals surface area contributed by atoms with Crippen molar-refractivity contribution in [2.45, 2.75) is 77.5 Å². The second-order valence-electron chi connectivity index (χ2n) is 11.8. The minimum absolute atomic E-state index is 0.0539. The van der Waals surface area contributed by atoms with E-state index in [1.54, 1.807) is 45.0 Å². The third-order valence-electron chi connectivity index (χ3n) is 7.87. The van der Waals surface area contributed by atoms with E-state index in [2.05, 4.69) is 16.0 Å². The molecule has 43 heavy (non-hydrogen) atoms. The molecule has 0 aromatic heterocycles. The lowest BCUT2D eigenvalue weighted by Gasteiger charge is -2.28. The van der Waals surface area contributed by atoms with Gasteiger partial charge in [-0.1, -0.05) is 37.1 Å². The second-order valence-corrected chi connectivity index (χ2v) is 11.8. The molecule has 0 spiro atoms. The fraction of sp³-hybridized carbons (Fsp3) is 0.452. The highest BCUT2D eigenvalue weighted by Crippen LogP contribution is 2.38. The van der Waals surface area contributed by atoms with Crippen molar-refractivity contribution >= 4 is 41.2 Å². The maximum absolute atomic E-state index is 13.8. The van der Waals surface area contributed by atoms with Crippen LogP contribution in [0.15, 0.2) is 42.5 Å². The maximum atomic E-state index is 13.8. The molecule has 2 aromatic carbocycles. The molecular weight excluding hydrogens is 552 g/mol. The van der Waals surface area contributed by atoms with Crippen molar-refractivity contribution in [1.29, 1.82) is 0 Å². The topological polar surface area (TPSA) is 163 Å². The van der Waals surface area contributed by atoms with Crippen molar-refractivity contribution in [3.05, 3.63) is 53.6 Å². The number of nitrogens with zero attached hydrogens (tertiary/aromatic N) is 2. The Morgan fingerprint density at radius 2 is 1.74 bits per heavy atom. The van der Waals surface area contributed by atoms with Crippen LogP contribution >= 0.6 is 0 Å². The van der Waals surface area contributed by atoms with Gasteiger partial charge in [0.15, 0.2) is 0 Å². The summed E-state index contributed by atoms with van der Waals surface area (Å²) in [5, 5.41) is 8.34. The molecule has 1 saturated heterocycles. The number of rotatable bonds is 12. The summed E-state index contributed by atoms with van der Waals surface area (Å²) in [5.41, 5.74) is 6.72. The monoisotopic (exact) mass is 592 g/mol. The number of methoxy groups -OCH3 is 1. The minimum atomic E-state index is -1.23. The second kappa shape index (κ2) is 12.7. The van der Waals surface area contributed by atoms with Crippen LogP contribution in [-0.4, -0.2) is 64.3 Å². The number of hydrogen-bond acceptors (Lipinski definition) is 6. The summed E-state index contributed by atoms with van der Waals surface area (Å²) in [6.45, 7) is 6.91. The standard InChI is InChI=1S/C31H40N6O6/c1-18-8-6-7-9-22(18)34-29(41)35-23-13-12-21(16-25(23)43-5)17-36-30(42)37(28(40)31(36,3)4)24(15-20-10-11-20)27(39)33-19(2)14-26(32)38/h6-9,12-13,16,19-20,24H,10-11,14-15,17H2,1-5H3,(H2,32,38)(H,33,39)(H2,34,35,41)/t19?,24-/m0/s1. The van der Waals surface area contributed by atoms with E-state index in [4.69, 9.17) is 10.5 Å². The van der Waals surface area contributed by atoms with E-state index in [0.717, 1.165) is 23.3 Å². The van der Waals surface area contributed by atoms with Gasteiger partial charge in [-0.15, -0.1) is 0 Å². The van der Waals surface area contributed by atoms with E-state index in [-0.39, 0.29) is 18.9 Å². The Bertz CT molecular complexity index is 1420. The van der Waals surface area contributed by atoms with Crippen molar-refractivity contribution in [1.82, 2.24) is 15.1 Å². The summed E-state index contributed by atoms with van der Waals surface area (Å²) in [7, 11) is 1.47. The highest BCUT2D eigenvalue weighted by molar-refractivity contribution is 6.09. The molecule has 2 atom stereocenters. The largest absolute Gasteiger partial charge is 0.495 e. The molecule has 12 nitrogen and oxygen atoms in total. The Hall–Kier alpha value is -4.61. The number of anilines is 2. The molecule has 12 heteroatoms. The van der Waals surface area contributed by atoms with Crippen LogP contribution < -0.4 is 26.4 Å². The van der Waals surface area contributed by atoms with Crippen molar-refractivity contribution in [2.24, 2.45) is 11.7 Å². The van der Waals surface area contributed by atoms with Crippen molar-refractivity contribution in [3.8, 4) is 5.75 Å². The van der Waals surface area contributed by atoms with Gasteiger partial charge >= 0.3 is 12.1 Å². The summed E-state index contributed by atoms with van der Waals surface area (Å²) in [4.78, 5) is 67.2. The first-order valence-corrected chi connectivity index (χ1v) is 14.4. The SMILES string of the molecule is COc1cc(CN2C(=O)N([C@@H](CC3CC3)C(=O)NC(C)CC(N)=O)C(=O)C2(C)C)ccc1NC(=O)Nc1ccccc1C. The molecule has 1 aliphatic carbocycles. The minimum Gasteiger partial charge on any atom is -0.495 e. The van der Waals surface area contributed by atoms with Crippen LogP contribution in [0.5, 0.6) is 5.75 Å². The van der Waals surface area contributed by atoms with Crippen LogP contribution in [0.4, 0.5) is 21.0 Å². The predicted molar refractivity (Wildman–Crippen MR) is 161 cm³/mol. The van der Waals surface area contributed by atoms with E-state index < -0.39 is 47.4 Å². The number of carbonyl (C=O) groups excluding carboxylic acids is 5. The number of para-hydroxylation sites is 1. The number of primary amides is 1. The van der Waals surface area contributed by atoms with Gasteiger partial charge in [-0.25, -0.2) is 14.5 Å². The van der Waals surface area contributed by atoms with Crippen molar-refractivity contribution in [2.75, 3.05) is 17.7 Å². The predicted octanol–water partition coefficient (Wildman–Crippen LogP) is 3.74. The molecule has 230 valence electrons. The van der Waals surface area contributed by atoms with E-state index >= 15 is 0 Å². The molecule has 5 N–H and O–H groups in total. The van der Waals surface area contributed by atoms with Crippen LogP contribution in [0.3, 0.4) is 0 Å². The summed E-state index contributed by atoms with van der Waals surface area (Å²) in [6, 6.07) is 9.95. The number of urea groups is 2. The molecule has 2 fully saturated rings. The first kappa shape index (κ1) is 31.3. The van der Waals surface area contributed by atoms with Crippen LogP contribution in [0.2, 0.25) is 0 Å². The maximum Gasteiger partial charge on any atom is 0.328 e. The summed E-state index contributed by atoms with van der Waals surface area (Å²) in [5.74, 6) is -0.900. The first-order valence-electron chi connectivity index (χ1n) is 14.4. The smallest absolute Gasteiger partial charge is 0.328 e. The van der Waals surface area contributed by atoms with Gasteiger partial charge in [-0.2, -0.15) is 0 Å². The average molecular weight is 593 g/mol. The Balaban J connectivity index is 1.51. The van der Waals surface area contributed by atoms with Crippen LogP contribution in [0.1, 0.15) is 57.6 Å². The highest BCUT2D eigenvalue weighted by Gasteiger charge is 2.55. The Morgan fingerprint density at radius 3 is 2.37 bits per heavy atom. The Morgan fingerprint density at radius 1 is 1.07 bits per heavy atom. The molecule has 0 bridgehead atoms. The third kappa shape index (κ3) is 7.25. The van der Waals surface area contributed by atoms with Crippen LogP contribution in [0.25, 0.3) is 0 Å². The number of aryl methyl sites for hydroxylation is 1. The number of nitrogens with one attached hydrogen (secondary N) is 3. The molecule has 2 aliphatic rings. The lowest BCUT2D eigenvalue weighted by atomic mass is 10.0. The zero-order chi connectivity index (χ0) is 31.5. The molecule has 1 unspecified atom stereocenters. The van der Waals surface area contributed by atoms with Gasteiger partial charge in [-0.05, 0) is 69.4 Å². The molecule has 7 amide bonds. The van der Waals surface area contributed by atoms with E-state index in [1.807, 2.05) is 25.1 Å². The van der Waals surface area contributed by atoms with E-state index in [0.29, 0.717) is 29.1 Å². The van der Waals surface area contributed by atoms with E-state index in [1.165, 1.54) is 12.0 Å². The lowest BCUT2D eigenvalue weighted by Crippen LogP contribution is -2.53. The van der Waals surface area contributed by atoms with E-state index in [9.17, 15) is 24.0 Å². The summed E-state index contributed by atoms with van der Waals surface area (Å²) >= 11 is 0. The normalized spacial score (nSPS) is 17.3. The summed E-state index contributed by atoms with van der Waals surface area (Å²) < 4.78 is 5.52. The lowest BCUT2D eigenvalue weighted by molar-refractivity contribution is -0.139. The number of ether oxygens (including phenoxy) is 1. The number of imide groups is 1. The number of benzene rings is 2. The number of amides is 7. The molecular formula is C31H40N6O6. The number of nitrogens with two attached hydrogens (primary N) is 1. The average Bonchev–Trinajstić information content (AvgIpc) is 3.74. The molecule has 2 aromatic rings. The first-order chi connectivity index (χ1) is 20.3. The van der Waals surface area contributed by atoms with Crippen LogP contribution in [-0.2, 0) is 20.9 Å². The van der Waals surface area contributed by atoms with Gasteiger partial charge in [0.1, 0.15) is 17.3 Å². The van der Waals surface area contributed by atoms with Gasteiger partial charge in [0.05, 0.1) is 12.8 Å².